The van der Waals surface area contributed by atoms with E-state index in [1.54, 1.807) is 6.07 Å². The van der Waals surface area contributed by atoms with Crippen molar-refractivity contribution in [1.29, 1.82) is 0 Å². The highest BCUT2D eigenvalue weighted by Gasteiger charge is 2.34. The number of benzene rings is 1. The van der Waals surface area contributed by atoms with E-state index in [0.29, 0.717) is 11.1 Å². The summed E-state index contributed by atoms with van der Waals surface area (Å²) < 4.78 is 0.742. The zero-order chi connectivity index (χ0) is 14.8. The van der Waals surface area contributed by atoms with Crippen molar-refractivity contribution in [3.63, 3.8) is 0 Å². The first-order chi connectivity index (χ1) is 10.1. The second-order valence-corrected chi connectivity index (χ2v) is 7.24. The molecule has 1 saturated carbocycles. The van der Waals surface area contributed by atoms with Crippen molar-refractivity contribution < 1.29 is 4.79 Å². The van der Waals surface area contributed by atoms with E-state index in [0.717, 1.165) is 28.9 Å². The number of amides is 1. The van der Waals surface area contributed by atoms with Crippen molar-refractivity contribution in [2.75, 3.05) is 5.32 Å². The summed E-state index contributed by atoms with van der Waals surface area (Å²) in [6.07, 6.45) is 7.22. The number of hydrogen-bond donors (Lipinski definition) is 2. The number of anilines is 1. The van der Waals surface area contributed by atoms with Crippen LogP contribution in [-0.2, 0) is 4.79 Å². The van der Waals surface area contributed by atoms with Crippen molar-refractivity contribution >= 4 is 39.1 Å². The van der Waals surface area contributed by atoms with Crippen molar-refractivity contribution in [3.05, 3.63) is 27.7 Å². The summed E-state index contributed by atoms with van der Waals surface area (Å²) in [5.74, 6) is 0.808. The van der Waals surface area contributed by atoms with Crippen LogP contribution in [0.2, 0.25) is 5.02 Å². The van der Waals surface area contributed by atoms with Crippen molar-refractivity contribution in [2.24, 2.45) is 5.92 Å². The summed E-state index contributed by atoms with van der Waals surface area (Å²) >= 11 is 9.48. The molecule has 3 unspecified atom stereocenters. The lowest BCUT2D eigenvalue weighted by molar-refractivity contribution is -0.119. The number of carbonyl (C=O) groups is 1. The normalized spacial score (nSPS) is 28.8. The molecule has 2 fully saturated rings. The van der Waals surface area contributed by atoms with Gasteiger partial charge in [-0.15, -0.1) is 0 Å². The fourth-order valence-electron chi connectivity index (χ4n) is 3.52. The Morgan fingerprint density at radius 1 is 1.24 bits per heavy atom. The van der Waals surface area contributed by atoms with E-state index in [1.807, 2.05) is 12.1 Å². The Morgan fingerprint density at radius 3 is 2.90 bits per heavy atom. The average Bonchev–Trinajstić information content (AvgIpc) is 2.51. The minimum absolute atomic E-state index is 0.0435. The minimum Gasteiger partial charge on any atom is -0.324 e. The predicted octanol–water partition coefficient (Wildman–Crippen LogP) is 4.35. The van der Waals surface area contributed by atoms with Crippen LogP contribution >= 0.6 is 27.5 Å². The molecule has 2 N–H and O–H groups in total. The first kappa shape index (κ1) is 15.3. The van der Waals surface area contributed by atoms with Crippen LogP contribution in [0, 0.1) is 5.92 Å². The van der Waals surface area contributed by atoms with Gasteiger partial charge < -0.3 is 10.6 Å². The van der Waals surface area contributed by atoms with Crippen molar-refractivity contribution in [3.8, 4) is 0 Å². The predicted molar refractivity (Wildman–Crippen MR) is 89.7 cm³/mol. The number of nitrogens with one attached hydrogen (secondary N) is 2. The van der Waals surface area contributed by atoms with Crippen molar-refractivity contribution in [1.82, 2.24) is 5.32 Å². The van der Waals surface area contributed by atoms with Gasteiger partial charge in [0, 0.05) is 6.04 Å². The van der Waals surface area contributed by atoms with Gasteiger partial charge in [-0.2, -0.15) is 0 Å². The average molecular weight is 372 g/mol. The summed E-state index contributed by atoms with van der Waals surface area (Å²) in [5, 5.41) is 7.14. The summed E-state index contributed by atoms with van der Waals surface area (Å²) in [7, 11) is 0. The third-order valence-corrected chi connectivity index (χ3v) is 6.07. The molecule has 0 bridgehead atoms. The van der Waals surface area contributed by atoms with Crippen LogP contribution in [0.25, 0.3) is 0 Å². The van der Waals surface area contributed by atoms with Crippen LogP contribution in [0.5, 0.6) is 0 Å². The van der Waals surface area contributed by atoms with Crippen LogP contribution < -0.4 is 10.6 Å². The maximum absolute atomic E-state index is 12.5. The molecule has 1 aromatic rings. The number of piperidine rings is 1. The fourth-order valence-corrected chi connectivity index (χ4v) is 4.06. The molecule has 0 aromatic heterocycles. The highest BCUT2D eigenvalue weighted by atomic mass is 79.9. The molecule has 1 aliphatic carbocycles. The van der Waals surface area contributed by atoms with Gasteiger partial charge in [-0.25, -0.2) is 0 Å². The topological polar surface area (TPSA) is 41.1 Å². The number of halogens is 2. The molecule has 0 radical (unpaired) electrons. The number of rotatable bonds is 2. The zero-order valence-corrected chi connectivity index (χ0v) is 14.2. The van der Waals surface area contributed by atoms with Gasteiger partial charge in [-0.1, -0.05) is 30.5 Å². The standard InChI is InChI=1S/C16H20BrClN2O/c17-15-11(18)5-3-7-13(15)20-16(21)14-9-8-10-4-1-2-6-12(10)19-14/h3,5,7,10,12,14,19H,1-2,4,6,8-9H2,(H,20,21). The SMILES string of the molecule is O=C(Nc1cccc(Cl)c1Br)C1CCC2CCCCC2N1. The van der Waals surface area contributed by atoms with Gasteiger partial charge in [-0.05, 0) is 59.7 Å². The van der Waals surface area contributed by atoms with Gasteiger partial charge in [0.25, 0.3) is 0 Å². The smallest absolute Gasteiger partial charge is 0.241 e. The molecule has 114 valence electrons. The Kier molecular flexibility index (Phi) is 4.87. The van der Waals surface area contributed by atoms with E-state index >= 15 is 0 Å². The van der Waals surface area contributed by atoms with Crippen LogP contribution in [0.4, 0.5) is 5.69 Å². The largest absolute Gasteiger partial charge is 0.324 e. The second-order valence-electron chi connectivity index (χ2n) is 6.04. The van der Waals surface area contributed by atoms with E-state index in [4.69, 9.17) is 11.6 Å². The molecule has 2 aliphatic rings. The van der Waals surface area contributed by atoms with Crippen LogP contribution in [0.1, 0.15) is 38.5 Å². The van der Waals surface area contributed by atoms with E-state index in [9.17, 15) is 4.79 Å². The Hall–Kier alpha value is -0.580. The lowest BCUT2D eigenvalue weighted by Crippen LogP contribution is -2.53. The molecular formula is C16H20BrClN2O. The van der Waals surface area contributed by atoms with Gasteiger partial charge in [0.1, 0.15) is 0 Å². The van der Waals surface area contributed by atoms with Gasteiger partial charge >= 0.3 is 0 Å². The zero-order valence-electron chi connectivity index (χ0n) is 11.9. The molecular weight excluding hydrogens is 352 g/mol. The summed E-state index contributed by atoms with van der Waals surface area (Å²) in [5.41, 5.74) is 0.736. The summed E-state index contributed by atoms with van der Waals surface area (Å²) in [6.45, 7) is 0. The molecule has 1 amide bonds. The lowest BCUT2D eigenvalue weighted by Gasteiger charge is -2.39. The highest BCUT2D eigenvalue weighted by molar-refractivity contribution is 9.10. The van der Waals surface area contributed by atoms with Gasteiger partial charge in [0.2, 0.25) is 5.91 Å². The Bertz CT molecular complexity index is 537. The Morgan fingerprint density at radius 2 is 2.05 bits per heavy atom. The second kappa shape index (κ2) is 6.67. The molecule has 1 aliphatic heterocycles. The van der Waals surface area contributed by atoms with Gasteiger partial charge in [0.05, 0.1) is 21.2 Å². The third kappa shape index (κ3) is 3.43. The first-order valence-corrected chi connectivity index (χ1v) is 8.83. The lowest BCUT2D eigenvalue weighted by atomic mass is 9.77. The molecule has 21 heavy (non-hydrogen) atoms. The summed E-state index contributed by atoms with van der Waals surface area (Å²) in [4.78, 5) is 12.5. The quantitative estimate of drug-likeness (QED) is 0.811. The molecule has 3 nitrogen and oxygen atoms in total. The summed E-state index contributed by atoms with van der Waals surface area (Å²) in [6, 6.07) is 5.93. The van der Waals surface area contributed by atoms with E-state index in [2.05, 4.69) is 26.6 Å². The maximum atomic E-state index is 12.5. The molecule has 3 atom stereocenters. The Balaban J connectivity index is 1.64. The van der Waals surface area contributed by atoms with Crippen LogP contribution in [-0.4, -0.2) is 18.0 Å². The fraction of sp³-hybridized carbons (Fsp3) is 0.562. The number of carbonyl (C=O) groups excluding carboxylic acids is 1. The molecule has 3 rings (SSSR count). The molecule has 1 saturated heterocycles. The first-order valence-electron chi connectivity index (χ1n) is 7.66. The Labute approximate surface area is 139 Å². The van der Waals surface area contributed by atoms with Gasteiger partial charge in [-0.3, -0.25) is 4.79 Å². The number of hydrogen-bond acceptors (Lipinski definition) is 2. The van der Waals surface area contributed by atoms with E-state index < -0.39 is 0 Å². The molecule has 1 aromatic carbocycles. The monoisotopic (exact) mass is 370 g/mol. The molecule has 1 heterocycles. The van der Waals surface area contributed by atoms with Crippen LogP contribution in [0.15, 0.2) is 22.7 Å². The van der Waals surface area contributed by atoms with E-state index in [-0.39, 0.29) is 11.9 Å². The van der Waals surface area contributed by atoms with Gasteiger partial charge in [0.15, 0.2) is 0 Å². The number of fused-ring (bicyclic) bond motifs is 1. The maximum Gasteiger partial charge on any atom is 0.241 e. The third-order valence-electron chi connectivity index (χ3n) is 4.68. The van der Waals surface area contributed by atoms with Crippen molar-refractivity contribution in [2.45, 2.75) is 50.6 Å². The van der Waals surface area contributed by atoms with E-state index in [1.165, 1.54) is 25.7 Å². The molecule has 0 spiro atoms. The highest BCUT2D eigenvalue weighted by Crippen LogP contribution is 2.33. The van der Waals surface area contributed by atoms with Crippen LogP contribution in [0.3, 0.4) is 0 Å². The minimum atomic E-state index is -0.0877. The molecule has 5 heteroatoms.